The highest BCUT2D eigenvalue weighted by Gasteiger charge is 2.10. The number of H-pyrrole nitrogens is 1. The molecule has 0 amide bonds. The van der Waals surface area contributed by atoms with Gasteiger partial charge in [0.1, 0.15) is 5.82 Å². The first kappa shape index (κ1) is 13.7. The normalized spacial score (nSPS) is 11.9. The van der Waals surface area contributed by atoms with Crippen LogP contribution in [-0.2, 0) is 0 Å². The monoisotopic (exact) mass is 349 g/mol. The average molecular weight is 350 g/mol. The molecule has 2 heterocycles. The van der Waals surface area contributed by atoms with Crippen molar-refractivity contribution in [2.75, 3.05) is 0 Å². The zero-order valence-corrected chi connectivity index (χ0v) is 12.1. The molecule has 0 spiro atoms. The Morgan fingerprint density at radius 1 is 1.33 bits per heavy atom. The van der Waals surface area contributed by atoms with E-state index in [9.17, 15) is 9.60 Å². The molecule has 6 nitrogen and oxygen atoms in total. The number of rotatable bonds is 2. The molecular weight excluding hydrogens is 341 g/mol. The van der Waals surface area contributed by atoms with Gasteiger partial charge in [0.25, 0.3) is 0 Å². The summed E-state index contributed by atoms with van der Waals surface area (Å²) in [7, 11) is 0. The smallest absolute Gasteiger partial charge is 0.178 e. The van der Waals surface area contributed by atoms with Crippen LogP contribution in [0, 0.1) is 5.82 Å². The van der Waals surface area contributed by atoms with Crippen molar-refractivity contribution in [3.05, 3.63) is 52.6 Å². The maximum Gasteiger partial charge on any atom is 0.178 e. The Hall–Kier alpha value is -2.32. The van der Waals surface area contributed by atoms with Crippen LogP contribution in [0.25, 0.3) is 11.2 Å². The van der Waals surface area contributed by atoms with Crippen molar-refractivity contribution in [2.45, 2.75) is 0 Å². The Morgan fingerprint density at radius 2 is 2.19 bits per heavy atom. The third-order valence-corrected chi connectivity index (χ3v) is 3.23. The van der Waals surface area contributed by atoms with Crippen LogP contribution < -0.4 is 5.48 Å². The number of aliphatic imine (C=N–C) groups is 1. The van der Waals surface area contributed by atoms with E-state index >= 15 is 0 Å². The van der Waals surface area contributed by atoms with Gasteiger partial charge in [-0.3, -0.25) is 10.7 Å². The van der Waals surface area contributed by atoms with E-state index in [2.05, 4.69) is 35.9 Å². The molecule has 1 aromatic carbocycles. The molecule has 3 aromatic rings. The number of aromatic nitrogens is 3. The second-order valence-electron chi connectivity index (χ2n) is 4.16. The highest BCUT2D eigenvalue weighted by Crippen LogP contribution is 2.22. The average Bonchev–Trinajstić information content (AvgIpc) is 2.92. The second kappa shape index (κ2) is 5.58. The van der Waals surface area contributed by atoms with E-state index in [4.69, 9.17) is 0 Å². The van der Waals surface area contributed by atoms with Gasteiger partial charge in [-0.05, 0) is 24.3 Å². The lowest BCUT2D eigenvalue weighted by Gasteiger charge is -2.06. The number of benzene rings is 1. The predicted octanol–water partition coefficient (Wildman–Crippen LogP) is 2.92. The lowest BCUT2D eigenvalue weighted by molar-refractivity contribution is 0.235. The summed E-state index contributed by atoms with van der Waals surface area (Å²) in [6.45, 7) is 0. The quantitative estimate of drug-likeness (QED) is 0.377. The van der Waals surface area contributed by atoms with Gasteiger partial charge in [-0.1, -0.05) is 15.9 Å². The Morgan fingerprint density at radius 3 is 2.95 bits per heavy atom. The van der Waals surface area contributed by atoms with Crippen LogP contribution in [0.1, 0.15) is 5.56 Å². The molecule has 2 aromatic heterocycles. The van der Waals surface area contributed by atoms with Gasteiger partial charge >= 0.3 is 0 Å². The summed E-state index contributed by atoms with van der Waals surface area (Å²) in [5.41, 5.74) is 4.06. The van der Waals surface area contributed by atoms with Crippen molar-refractivity contribution in [2.24, 2.45) is 4.99 Å². The number of hydrogen-bond acceptors (Lipinski definition) is 4. The number of nitrogens with zero attached hydrogens (tertiary/aromatic N) is 3. The van der Waals surface area contributed by atoms with Crippen molar-refractivity contribution < 1.29 is 9.60 Å². The molecule has 0 aliphatic rings. The van der Waals surface area contributed by atoms with Gasteiger partial charge in [0.2, 0.25) is 0 Å². The van der Waals surface area contributed by atoms with Crippen molar-refractivity contribution in [3.8, 4) is 0 Å². The Kier molecular flexibility index (Phi) is 3.63. The molecule has 3 N–H and O–H groups in total. The van der Waals surface area contributed by atoms with Crippen LogP contribution in [0.3, 0.4) is 0 Å². The highest BCUT2D eigenvalue weighted by molar-refractivity contribution is 9.10. The lowest BCUT2D eigenvalue weighted by Crippen LogP contribution is -2.20. The number of fused-ring (bicyclic) bond motifs is 1. The minimum Gasteiger partial charge on any atom is -0.343 e. The van der Waals surface area contributed by atoms with Gasteiger partial charge in [-0.25, -0.2) is 19.4 Å². The van der Waals surface area contributed by atoms with Crippen LogP contribution in [-0.4, -0.2) is 26.0 Å². The van der Waals surface area contributed by atoms with E-state index in [-0.39, 0.29) is 5.84 Å². The van der Waals surface area contributed by atoms with E-state index in [1.54, 1.807) is 18.3 Å². The number of amidine groups is 1. The van der Waals surface area contributed by atoms with Gasteiger partial charge in [-0.15, -0.1) is 0 Å². The van der Waals surface area contributed by atoms with E-state index < -0.39 is 5.82 Å². The summed E-state index contributed by atoms with van der Waals surface area (Å²) in [5.74, 6) is -0.272. The molecule has 0 saturated heterocycles. The van der Waals surface area contributed by atoms with Gasteiger partial charge in [0.05, 0.1) is 17.5 Å². The van der Waals surface area contributed by atoms with Crippen LogP contribution in [0.15, 0.2) is 46.3 Å². The summed E-state index contributed by atoms with van der Waals surface area (Å²) in [6.07, 6.45) is 3.04. The molecule has 21 heavy (non-hydrogen) atoms. The van der Waals surface area contributed by atoms with E-state index in [1.807, 2.05) is 5.48 Å². The third kappa shape index (κ3) is 2.76. The van der Waals surface area contributed by atoms with Crippen molar-refractivity contribution in [3.63, 3.8) is 0 Å². The summed E-state index contributed by atoms with van der Waals surface area (Å²) < 4.78 is 13.9. The largest absolute Gasteiger partial charge is 0.343 e. The first-order valence-corrected chi connectivity index (χ1v) is 6.70. The van der Waals surface area contributed by atoms with Crippen LogP contribution >= 0.6 is 15.9 Å². The minimum atomic E-state index is -0.429. The fourth-order valence-corrected chi connectivity index (χ4v) is 2.38. The zero-order chi connectivity index (χ0) is 14.8. The predicted molar refractivity (Wildman–Crippen MR) is 79.1 cm³/mol. The van der Waals surface area contributed by atoms with Crippen LogP contribution in [0.5, 0.6) is 0 Å². The van der Waals surface area contributed by atoms with Gasteiger partial charge in [-0.2, -0.15) is 0 Å². The second-order valence-corrected chi connectivity index (χ2v) is 5.08. The zero-order valence-electron chi connectivity index (χ0n) is 10.5. The third-order valence-electron chi connectivity index (χ3n) is 2.78. The number of aromatic amines is 1. The number of hydroxylamine groups is 1. The maximum atomic E-state index is 13.4. The molecule has 0 saturated carbocycles. The van der Waals surface area contributed by atoms with Crippen LogP contribution in [0.2, 0.25) is 0 Å². The molecule has 8 heteroatoms. The SMILES string of the molecule is ONC(=Nc1cc(F)cc(Br)c1)c1ccnc2nc[nH]c12. The molecule has 0 aliphatic carbocycles. The first-order chi connectivity index (χ1) is 10.2. The molecule has 3 rings (SSSR count). The molecule has 0 fully saturated rings. The van der Waals surface area contributed by atoms with E-state index in [0.29, 0.717) is 26.9 Å². The van der Waals surface area contributed by atoms with Crippen LogP contribution in [0.4, 0.5) is 10.1 Å². The standard InChI is InChI=1S/C13H9BrFN5O/c14-7-3-8(15)5-9(4-7)19-12(20-21)10-1-2-16-13-11(10)17-6-18-13/h1-6,21H,(H,19,20)(H,16,17,18). The molecule has 0 atom stereocenters. The molecule has 0 bridgehead atoms. The molecule has 0 radical (unpaired) electrons. The summed E-state index contributed by atoms with van der Waals surface area (Å²) >= 11 is 3.20. The fourth-order valence-electron chi connectivity index (χ4n) is 1.92. The van der Waals surface area contributed by atoms with Gasteiger partial charge in [0, 0.05) is 16.2 Å². The summed E-state index contributed by atoms with van der Waals surface area (Å²) in [6, 6.07) is 5.88. The number of imidazole rings is 1. The Labute approximate surface area is 126 Å². The molecule has 0 aliphatic heterocycles. The molecular formula is C13H9BrFN5O. The van der Waals surface area contributed by atoms with Crippen molar-refractivity contribution in [1.82, 2.24) is 20.4 Å². The Balaban J connectivity index is 2.13. The van der Waals surface area contributed by atoms with E-state index in [1.165, 1.54) is 18.5 Å². The number of hydrogen-bond donors (Lipinski definition) is 3. The number of nitrogens with one attached hydrogen (secondary N) is 2. The first-order valence-electron chi connectivity index (χ1n) is 5.91. The maximum absolute atomic E-state index is 13.4. The molecule has 0 unspecified atom stereocenters. The lowest BCUT2D eigenvalue weighted by atomic mass is 10.2. The highest BCUT2D eigenvalue weighted by atomic mass is 79.9. The Bertz CT molecular complexity index is 812. The van der Waals surface area contributed by atoms with E-state index in [0.717, 1.165) is 0 Å². The number of pyridine rings is 1. The topological polar surface area (TPSA) is 86.2 Å². The molecule has 106 valence electrons. The van der Waals surface area contributed by atoms with Crippen molar-refractivity contribution in [1.29, 1.82) is 0 Å². The minimum absolute atomic E-state index is 0.157. The van der Waals surface area contributed by atoms with Gasteiger partial charge < -0.3 is 4.98 Å². The van der Waals surface area contributed by atoms with Gasteiger partial charge in [0.15, 0.2) is 11.5 Å². The van der Waals surface area contributed by atoms with Crippen molar-refractivity contribution >= 4 is 38.6 Å². The summed E-state index contributed by atoms with van der Waals surface area (Å²) in [4.78, 5) is 15.2. The fraction of sp³-hybridized carbons (Fsp3) is 0. The number of halogens is 2. The summed E-state index contributed by atoms with van der Waals surface area (Å²) in [5, 5.41) is 9.34.